The minimum atomic E-state index is -0.661. The molecule has 0 radical (unpaired) electrons. The van der Waals surface area contributed by atoms with Gasteiger partial charge in [-0.25, -0.2) is 13.8 Å². The van der Waals surface area contributed by atoms with Gasteiger partial charge in [-0.05, 0) is 30.0 Å². The van der Waals surface area contributed by atoms with Crippen molar-refractivity contribution < 1.29 is 18.0 Å². The third-order valence-corrected chi connectivity index (χ3v) is 5.33. The van der Waals surface area contributed by atoms with Gasteiger partial charge in [0.05, 0.1) is 6.04 Å². The van der Waals surface area contributed by atoms with E-state index in [1.165, 1.54) is 17.1 Å². The van der Waals surface area contributed by atoms with Gasteiger partial charge in [0.1, 0.15) is 11.6 Å². The molecular formula is C19H21F2N5O2. The van der Waals surface area contributed by atoms with Crippen LogP contribution in [0.4, 0.5) is 14.8 Å². The van der Waals surface area contributed by atoms with E-state index in [1.54, 1.807) is 13.1 Å². The lowest BCUT2D eigenvalue weighted by molar-refractivity contribution is -0.139. The predicted molar refractivity (Wildman–Crippen MR) is 97.6 cm³/mol. The van der Waals surface area contributed by atoms with Crippen LogP contribution in [-0.4, -0.2) is 40.4 Å². The number of halogens is 2. The number of rotatable bonds is 3. The Bertz CT molecular complexity index is 895. The number of amides is 1. The summed E-state index contributed by atoms with van der Waals surface area (Å²) in [5.41, 5.74) is 0.412. The summed E-state index contributed by atoms with van der Waals surface area (Å²) in [6, 6.07) is 3.31. The summed E-state index contributed by atoms with van der Waals surface area (Å²) in [7, 11) is 0. The summed E-state index contributed by atoms with van der Waals surface area (Å²) in [6.07, 6.45) is 2.66. The third kappa shape index (κ3) is 3.48. The van der Waals surface area contributed by atoms with Gasteiger partial charge in [0.2, 0.25) is 11.8 Å². The Balaban J connectivity index is 1.48. The summed E-state index contributed by atoms with van der Waals surface area (Å²) < 4.78 is 32.7. The van der Waals surface area contributed by atoms with E-state index in [0.29, 0.717) is 43.4 Å². The molecule has 2 aliphatic rings. The highest BCUT2D eigenvalue weighted by Gasteiger charge is 2.39. The Morgan fingerprint density at radius 1 is 1.21 bits per heavy atom. The lowest BCUT2D eigenvalue weighted by Gasteiger charge is -2.37. The molecule has 148 valence electrons. The van der Waals surface area contributed by atoms with Crippen molar-refractivity contribution in [1.29, 1.82) is 0 Å². The number of carbonyl (C=O) groups excluding carboxylic acids is 1. The van der Waals surface area contributed by atoms with Gasteiger partial charge in [-0.15, -0.1) is 5.10 Å². The van der Waals surface area contributed by atoms with Gasteiger partial charge in [-0.3, -0.25) is 4.79 Å². The Labute approximate surface area is 161 Å². The van der Waals surface area contributed by atoms with Crippen LogP contribution in [0.1, 0.15) is 37.3 Å². The Morgan fingerprint density at radius 3 is 2.61 bits per heavy atom. The van der Waals surface area contributed by atoms with E-state index in [4.69, 9.17) is 4.42 Å². The number of carbonyl (C=O) groups is 1. The molecule has 1 saturated heterocycles. The number of nitrogens with zero attached hydrogens (tertiary/aromatic N) is 5. The highest BCUT2D eigenvalue weighted by atomic mass is 19.1. The molecule has 3 heterocycles. The zero-order valence-corrected chi connectivity index (χ0v) is 15.7. The maximum absolute atomic E-state index is 13.6. The van der Waals surface area contributed by atoms with Crippen molar-refractivity contribution in [1.82, 2.24) is 15.2 Å². The first kappa shape index (κ1) is 18.5. The van der Waals surface area contributed by atoms with Crippen molar-refractivity contribution in [3.63, 3.8) is 0 Å². The maximum Gasteiger partial charge on any atom is 0.318 e. The molecule has 28 heavy (non-hydrogen) atoms. The fourth-order valence-electron chi connectivity index (χ4n) is 3.94. The Morgan fingerprint density at radius 2 is 1.96 bits per heavy atom. The minimum absolute atomic E-state index is 0.0363. The van der Waals surface area contributed by atoms with Crippen LogP contribution in [0.25, 0.3) is 0 Å². The zero-order valence-electron chi connectivity index (χ0n) is 15.7. The van der Waals surface area contributed by atoms with Crippen LogP contribution in [0.5, 0.6) is 0 Å². The average Bonchev–Trinajstić information content (AvgIpc) is 3.29. The van der Waals surface area contributed by atoms with E-state index in [9.17, 15) is 13.6 Å². The number of hydrogen-bond acceptors (Lipinski definition) is 6. The molecule has 1 amide bonds. The van der Waals surface area contributed by atoms with E-state index < -0.39 is 17.7 Å². The molecule has 0 N–H and O–H groups in total. The quantitative estimate of drug-likeness (QED) is 0.807. The van der Waals surface area contributed by atoms with Crippen molar-refractivity contribution in [3.8, 4) is 0 Å². The first-order valence-electron chi connectivity index (χ1n) is 9.29. The molecule has 2 aromatic rings. The molecule has 7 nitrogen and oxygen atoms in total. The van der Waals surface area contributed by atoms with Gasteiger partial charge in [0, 0.05) is 44.6 Å². The summed E-state index contributed by atoms with van der Waals surface area (Å²) in [6.45, 7) is 4.94. The molecule has 0 unspecified atom stereocenters. The Kier molecular flexibility index (Phi) is 4.82. The maximum atomic E-state index is 13.6. The van der Waals surface area contributed by atoms with Crippen molar-refractivity contribution in [2.24, 2.45) is 16.9 Å². The number of piperidine rings is 1. The predicted octanol–water partition coefficient (Wildman–Crippen LogP) is 3.08. The fraction of sp³-hybridized carbons (Fsp3) is 0.474. The van der Waals surface area contributed by atoms with Crippen LogP contribution < -0.4 is 4.90 Å². The van der Waals surface area contributed by atoms with Crippen molar-refractivity contribution in [2.75, 3.05) is 18.0 Å². The van der Waals surface area contributed by atoms with Gasteiger partial charge in [0.25, 0.3) is 0 Å². The van der Waals surface area contributed by atoms with E-state index in [2.05, 4.69) is 15.3 Å². The van der Waals surface area contributed by atoms with Crippen LogP contribution in [-0.2, 0) is 4.79 Å². The molecule has 0 aliphatic carbocycles. The number of aryl methyl sites for hydroxylation is 1. The van der Waals surface area contributed by atoms with Crippen LogP contribution in [0, 0.1) is 30.4 Å². The van der Waals surface area contributed by atoms with Crippen LogP contribution >= 0.6 is 0 Å². The Hall–Kier alpha value is -2.84. The molecule has 9 heteroatoms. The van der Waals surface area contributed by atoms with Crippen LogP contribution in [0.2, 0.25) is 0 Å². The highest BCUT2D eigenvalue weighted by molar-refractivity contribution is 5.82. The van der Waals surface area contributed by atoms with Crippen molar-refractivity contribution in [2.45, 2.75) is 32.7 Å². The molecule has 0 bridgehead atoms. The summed E-state index contributed by atoms with van der Waals surface area (Å²) >= 11 is 0. The fourth-order valence-corrected chi connectivity index (χ4v) is 3.94. The summed E-state index contributed by atoms with van der Waals surface area (Å²) in [5.74, 6) is -1.16. The lowest BCUT2D eigenvalue weighted by atomic mass is 9.85. The van der Waals surface area contributed by atoms with Crippen molar-refractivity contribution in [3.05, 3.63) is 41.3 Å². The van der Waals surface area contributed by atoms with E-state index in [-0.39, 0.29) is 17.7 Å². The minimum Gasteiger partial charge on any atom is -0.408 e. The lowest BCUT2D eigenvalue weighted by Crippen LogP contribution is -2.46. The number of anilines is 1. The van der Waals surface area contributed by atoms with Crippen LogP contribution in [0.15, 0.2) is 27.7 Å². The normalized spacial score (nSPS) is 24.8. The van der Waals surface area contributed by atoms with E-state index in [1.807, 2.05) is 11.8 Å². The second-order valence-electron chi connectivity index (χ2n) is 7.36. The first-order chi connectivity index (χ1) is 13.4. The standard InChI is InChI=1S/C19H21F2N5O2/c1-11-10-25(19-24-23-12(2)28-19)6-4-16(11)18(27)26-17(3-5-22-26)13-7-14(20)9-15(21)8-13/h5,7-9,11,16-17H,3-4,6,10H2,1-2H3/t11-,16-,17+/m1/s1. The summed E-state index contributed by atoms with van der Waals surface area (Å²) in [4.78, 5) is 15.1. The molecule has 2 aliphatic heterocycles. The van der Waals surface area contributed by atoms with Gasteiger partial charge in [-0.1, -0.05) is 12.0 Å². The largest absolute Gasteiger partial charge is 0.408 e. The first-order valence-corrected chi connectivity index (χ1v) is 9.29. The van der Waals surface area contributed by atoms with Crippen LogP contribution in [0.3, 0.4) is 0 Å². The molecule has 1 fully saturated rings. The average molecular weight is 389 g/mol. The monoisotopic (exact) mass is 389 g/mol. The molecule has 1 aromatic carbocycles. The zero-order chi connectivity index (χ0) is 19.8. The molecule has 0 saturated carbocycles. The number of hydrazone groups is 1. The molecule has 1 aromatic heterocycles. The SMILES string of the molecule is Cc1nnc(N2CC[C@@H](C(=O)N3N=CC[C@H]3c3cc(F)cc(F)c3)[C@H](C)C2)o1. The van der Waals surface area contributed by atoms with Crippen molar-refractivity contribution >= 4 is 18.1 Å². The molecule has 4 rings (SSSR count). The number of aromatic nitrogens is 2. The van der Waals surface area contributed by atoms with Gasteiger partial charge in [0.15, 0.2) is 0 Å². The molecule has 3 atom stereocenters. The van der Waals surface area contributed by atoms with E-state index in [0.717, 1.165) is 6.07 Å². The molecule has 0 spiro atoms. The smallest absolute Gasteiger partial charge is 0.318 e. The second-order valence-corrected chi connectivity index (χ2v) is 7.36. The van der Waals surface area contributed by atoms with Gasteiger partial charge >= 0.3 is 6.01 Å². The van der Waals surface area contributed by atoms with Gasteiger partial charge in [-0.2, -0.15) is 5.10 Å². The van der Waals surface area contributed by atoms with E-state index >= 15 is 0 Å². The topological polar surface area (TPSA) is 74.8 Å². The number of hydrogen-bond donors (Lipinski definition) is 0. The third-order valence-electron chi connectivity index (χ3n) is 5.33. The second kappa shape index (κ2) is 7.29. The molecular weight excluding hydrogens is 368 g/mol. The summed E-state index contributed by atoms with van der Waals surface area (Å²) in [5, 5.41) is 13.5. The van der Waals surface area contributed by atoms with Gasteiger partial charge < -0.3 is 9.32 Å². The number of benzene rings is 1. The highest BCUT2D eigenvalue weighted by Crippen LogP contribution is 2.34.